The van der Waals surface area contributed by atoms with Crippen molar-refractivity contribution in [1.82, 2.24) is 5.32 Å². The van der Waals surface area contributed by atoms with Gasteiger partial charge in [-0.15, -0.1) is 0 Å². The van der Waals surface area contributed by atoms with Crippen LogP contribution in [0.4, 0.5) is 0 Å². The summed E-state index contributed by atoms with van der Waals surface area (Å²) in [6.45, 7) is 8.87. The number of furan rings is 1. The Kier molecular flexibility index (Phi) is 3.36. The molecule has 1 heterocycles. The predicted molar refractivity (Wildman–Crippen MR) is 79.5 cm³/mol. The van der Waals surface area contributed by atoms with Gasteiger partial charge in [-0.25, -0.2) is 0 Å². The Bertz CT molecular complexity index is 570. The van der Waals surface area contributed by atoms with E-state index in [1.165, 1.54) is 17.4 Å². The monoisotopic (exact) mass is 257 g/mol. The van der Waals surface area contributed by atoms with Gasteiger partial charge in [-0.2, -0.15) is 0 Å². The van der Waals surface area contributed by atoms with Gasteiger partial charge in [0.1, 0.15) is 11.3 Å². The Morgan fingerprint density at radius 2 is 2.11 bits per heavy atom. The summed E-state index contributed by atoms with van der Waals surface area (Å²) in [4.78, 5) is 0. The lowest BCUT2D eigenvalue weighted by molar-refractivity contribution is 0.530. The Morgan fingerprint density at radius 3 is 2.89 bits per heavy atom. The maximum absolute atomic E-state index is 5.87. The summed E-state index contributed by atoms with van der Waals surface area (Å²) in [5, 5.41) is 4.89. The lowest BCUT2D eigenvalue weighted by Crippen LogP contribution is -2.22. The van der Waals surface area contributed by atoms with Gasteiger partial charge in [0.05, 0.1) is 0 Å². The molecule has 1 aliphatic carbocycles. The molecule has 0 amide bonds. The van der Waals surface area contributed by atoms with Crippen molar-refractivity contribution in [2.45, 2.75) is 33.1 Å². The quantitative estimate of drug-likeness (QED) is 0.872. The average molecular weight is 257 g/mol. The molecular formula is C17H23NO. The van der Waals surface area contributed by atoms with Gasteiger partial charge >= 0.3 is 0 Å². The smallest absolute Gasteiger partial charge is 0.134 e. The normalized spacial score (nSPS) is 22.3. The maximum atomic E-state index is 5.87. The van der Waals surface area contributed by atoms with Gasteiger partial charge < -0.3 is 9.73 Å². The van der Waals surface area contributed by atoms with Crippen LogP contribution in [0.2, 0.25) is 0 Å². The van der Waals surface area contributed by atoms with Gasteiger partial charge in [0.15, 0.2) is 0 Å². The Morgan fingerprint density at radius 1 is 1.32 bits per heavy atom. The van der Waals surface area contributed by atoms with Crippen molar-refractivity contribution in [2.24, 2.45) is 11.8 Å². The first kappa shape index (κ1) is 12.7. The molecule has 0 saturated heterocycles. The highest BCUT2D eigenvalue weighted by Gasteiger charge is 2.40. The molecule has 19 heavy (non-hydrogen) atoms. The van der Waals surface area contributed by atoms with Crippen molar-refractivity contribution in [3.8, 4) is 0 Å². The molecule has 1 aliphatic rings. The number of para-hydroxylation sites is 1. The first-order chi connectivity index (χ1) is 9.16. The zero-order chi connectivity index (χ0) is 13.4. The van der Waals surface area contributed by atoms with Crippen molar-refractivity contribution in [3.63, 3.8) is 0 Å². The lowest BCUT2D eigenvalue weighted by Gasteiger charge is -2.06. The van der Waals surface area contributed by atoms with Crippen LogP contribution in [0.5, 0.6) is 0 Å². The Labute approximate surface area is 115 Å². The van der Waals surface area contributed by atoms with E-state index in [1.807, 2.05) is 6.07 Å². The number of hydrogen-bond donors (Lipinski definition) is 1. The third-order valence-corrected chi connectivity index (χ3v) is 4.07. The highest BCUT2D eigenvalue weighted by molar-refractivity contribution is 5.83. The minimum Gasteiger partial charge on any atom is -0.461 e. The van der Waals surface area contributed by atoms with Crippen molar-refractivity contribution in [2.75, 3.05) is 13.1 Å². The first-order valence-corrected chi connectivity index (χ1v) is 7.35. The standard InChI is InChI=1S/C17H23NO/c1-11(2)9-18-10-13-8-15(13)17-12(3)19-16-7-5-4-6-14(16)17/h4-7,11,13,15,18H,8-10H2,1-3H3. The molecule has 1 saturated carbocycles. The van der Waals surface area contributed by atoms with Gasteiger partial charge in [-0.3, -0.25) is 0 Å². The number of benzene rings is 1. The van der Waals surface area contributed by atoms with Crippen LogP contribution in [0.3, 0.4) is 0 Å². The molecule has 2 atom stereocenters. The van der Waals surface area contributed by atoms with E-state index in [2.05, 4.69) is 44.3 Å². The lowest BCUT2D eigenvalue weighted by atomic mass is 10.0. The maximum Gasteiger partial charge on any atom is 0.134 e. The van der Waals surface area contributed by atoms with Crippen molar-refractivity contribution in [3.05, 3.63) is 35.6 Å². The predicted octanol–water partition coefficient (Wildman–Crippen LogP) is 4.09. The molecule has 102 valence electrons. The van der Waals surface area contributed by atoms with Crippen LogP contribution in [-0.4, -0.2) is 13.1 Å². The third kappa shape index (κ3) is 2.55. The van der Waals surface area contributed by atoms with Crippen LogP contribution < -0.4 is 5.32 Å². The summed E-state index contributed by atoms with van der Waals surface area (Å²) in [6, 6.07) is 8.41. The van der Waals surface area contributed by atoms with Crippen molar-refractivity contribution < 1.29 is 4.42 Å². The van der Waals surface area contributed by atoms with Crippen LogP contribution in [-0.2, 0) is 0 Å². The molecule has 1 aromatic heterocycles. The first-order valence-electron chi connectivity index (χ1n) is 7.35. The van der Waals surface area contributed by atoms with E-state index in [0.717, 1.165) is 36.3 Å². The highest BCUT2D eigenvalue weighted by Crippen LogP contribution is 2.51. The van der Waals surface area contributed by atoms with Gasteiger partial charge in [-0.1, -0.05) is 32.0 Å². The molecule has 0 spiro atoms. The molecule has 2 aromatic rings. The summed E-state index contributed by atoms with van der Waals surface area (Å²) >= 11 is 0. The molecule has 2 unspecified atom stereocenters. The van der Waals surface area contributed by atoms with Crippen LogP contribution in [0, 0.1) is 18.8 Å². The second-order valence-electron chi connectivity index (χ2n) is 6.22. The molecule has 0 aliphatic heterocycles. The van der Waals surface area contributed by atoms with Crippen LogP contribution in [0.15, 0.2) is 28.7 Å². The van der Waals surface area contributed by atoms with Crippen LogP contribution in [0.25, 0.3) is 11.0 Å². The fourth-order valence-electron chi connectivity index (χ4n) is 3.03. The fraction of sp³-hybridized carbons (Fsp3) is 0.529. The topological polar surface area (TPSA) is 25.2 Å². The van der Waals surface area contributed by atoms with Crippen molar-refractivity contribution in [1.29, 1.82) is 0 Å². The number of rotatable bonds is 5. The number of hydrogen-bond acceptors (Lipinski definition) is 2. The second kappa shape index (κ2) is 5.01. The van der Waals surface area contributed by atoms with E-state index in [1.54, 1.807) is 0 Å². The molecule has 0 radical (unpaired) electrons. The van der Waals surface area contributed by atoms with Crippen molar-refractivity contribution >= 4 is 11.0 Å². The fourth-order valence-corrected chi connectivity index (χ4v) is 3.03. The van der Waals surface area contributed by atoms with Gasteiger partial charge in [-0.05, 0) is 50.3 Å². The average Bonchev–Trinajstić information content (AvgIpc) is 3.02. The van der Waals surface area contributed by atoms with Gasteiger partial charge in [0, 0.05) is 10.9 Å². The van der Waals surface area contributed by atoms with Crippen LogP contribution >= 0.6 is 0 Å². The SMILES string of the molecule is Cc1oc2ccccc2c1C1CC1CNCC(C)C. The molecule has 3 rings (SSSR count). The zero-order valence-electron chi connectivity index (χ0n) is 12.1. The highest BCUT2D eigenvalue weighted by atomic mass is 16.3. The third-order valence-electron chi connectivity index (χ3n) is 4.07. The van der Waals surface area contributed by atoms with E-state index in [4.69, 9.17) is 4.42 Å². The molecule has 1 N–H and O–H groups in total. The summed E-state index contributed by atoms with van der Waals surface area (Å²) in [5.74, 6) is 3.33. The van der Waals surface area contributed by atoms with E-state index in [-0.39, 0.29) is 0 Å². The minimum atomic E-state index is 0.698. The summed E-state index contributed by atoms with van der Waals surface area (Å²) in [5.41, 5.74) is 2.49. The molecular weight excluding hydrogens is 234 g/mol. The molecule has 0 bridgehead atoms. The molecule has 2 heteroatoms. The van der Waals surface area contributed by atoms with E-state index in [0.29, 0.717) is 5.92 Å². The molecule has 1 fully saturated rings. The van der Waals surface area contributed by atoms with Gasteiger partial charge in [0.25, 0.3) is 0 Å². The zero-order valence-corrected chi connectivity index (χ0v) is 12.1. The van der Waals surface area contributed by atoms with Gasteiger partial charge in [0.2, 0.25) is 0 Å². The number of aryl methyl sites for hydroxylation is 1. The van der Waals surface area contributed by atoms with Crippen LogP contribution in [0.1, 0.15) is 37.5 Å². The van der Waals surface area contributed by atoms with E-state index >= 15 is 0 Å². The summed E-state index contributed by atoms with van der Waals surface area (Å²) in [7, 11) is 0. The molecule has 2 nitrogen and oxygen atoms in total. The van der Waals surface area contributed by atoms with E-state index in [9.17, 15) is 0 Å². The Balaban J connectivity index is 1.71. The number of fused-ring (bicyclic) bond motifs is 1. The second-order valence-corrected chi connectivity index (χ2v) is 6.22. The summed E-state index contributed by atoms with van der Waals surface area (Å²) in [6.07, 6.45) is 1.30. The van der Waals surface area contributed by atoms with E-state index < -0.39 is 0 Å². The number of nitrogens with one attached hydrogen (secondary N) is 1. The largest absolute Gasteiger partial charge is 0.461 e. The Hall–Kier alpha value is -1.28. The summed E-state index contributed by atoms with van der Waals surface area (Å²) < 4.78 is 5.87. The minimum absolute atomic E-state index is 0.698. The molecule has 1 aromatic carbocycles.